The van der Waals surface area contributed by atoms with Crippen LogP contribution in [-0.2, 0) is 0 Å². The molecule has 0 atom stereocenters. The molecule has 1 aromatic carbocycles. The second-order valence-corrected chi connectivity index (χ2v) is 5.46. The number of carbonyl (C=O) groups is 1. The minimum absolute atomic E-state index is 0.0372. The van der Waals surface area contributed by atoms with Crippen LogP contribution in [0.25, 0.3) is 0 Å². The predicted molar refractivity (Wildman–Crippen MR) is 84.4 cm³/mol. The Kier molecular flexibility index (Phi) is 5.91. The number of urea groups is 1. The fourth-order valence-electron chi connectivity index (χ4n) is 2.33. The van der Waals surface area contributed by atoms with Crippen molar-refractivity contribution < 1.29 is 9.90 Å². The number of aliphatic hydroxyl groups excluding tert-OH is 1. The molecule has 1 saturated carbocycles. The lowest BCUT2D eigenvalue weighted by molar-refractivity contribution is 0.248. The molecule has 0 radical (unpaired) electrons. The molecule has 1 aromatic rings. The molecule has 1 aliphatic rings. The Morgan fingerprint density at radius 2 is 2.14 bits per heavy atom. The largest absolute Gasteiger partial charge is 0.395 e. The predicted octanol–water partition coefficient (Wildman–Crippen LogP) is 3.14. The molecule has 4 nitrogen and oxygen atoms in total. The molecule has 0 unspecified atom stereocenters. The van der Waals surface area contributed by atoms with Gasteiger partial charge in [-0.25, -0.2) is 4.79 Å². The highest BCUT2D eigenvalue weighted by molar-refractivity contribution is 6.33. The Labute approximate surface area is 129 Å². The Morgan fingerprint density at radius 3 is 2.86 bits per heavy atom. The van der Waals surface area contributed by atoms with Crippen molar-refractivity contribution in [2.24, 2.45) is 0 Å². The third-order valence-corrected chi connectivity index (χ3v) is 3.70. The number of anilines is 1. The smallest absolute Gasteiger partial charge is 0.319 e. The fourth-order valence-corrected chi connectivity index (χ4v) is 2.50. The van der Waals surface area contributed by atoms with E-state index in [9.17, 15) is 4.79 Å². The minimum atomic E-state index is -0.232. The summed E-state index contributed by atoms with van der Waals surface area (Å²) in [4.78, 5) is 11.9. The maximum Gasteiger partial charge on any atom is 0.319 e. The summed E-state index contributed by atoms with van der Waals surface area (Å²) in [6, 6.07) is 5.25. The van der Waals surface area contributed by atoms with Crippen LogP contribution < -0.4 is 10.6 Å². The van der Waals surface area contributed by atoms with E-state index in [4.69, 9.17) is 16.7 Å². The highest BCUT2D eigenvalue weighted by Crippen LogP contribution is 2.23. The average Bonchev–Trinajstić information content (AvgIpc) is 2.95. The van der Waals surface area contributed by atoms with Gasteiger partial charge in [0.15, 0.2) is 0 Å². The number of benzene rings is 1. The van der Waals surface area contributed by atoms with Crippen LogP contribution in [0.15, 0.2) is 18.2 Å². The number of nitrogens with one attached hydrogen (secondary N) is 2. The van der Waals surface area contributed by atoms with E-state index in [1.54, 1.807) is 18.2 Å². The van der Waals surface area contributed by atoms with Crippen LogP contribution in [0.4, 0.5) is 10.5 Å². The molecule has 1 aliphatic carbocycles. The van der Waals surface area contributed by atoms with Gasteiger partial charge in [-0.2, -0.15) is 0 Å². The van der Waals surface area contributed by atoms with Crippen molar-refractivity contribution in [3.63, 3.8) is 0 Å². The number of amides is 2. The molecule has 112 valence electrons. The molecule has 0 spiro atoms. The molecule has 2 amide bonds. The molecule has 5 heteroatoms. The van der Waals surface area contributed by atoms with Gasteiger partial charge in [0.05, 0.1) is 17.3 Å². The average molecular weight is 307 g/mol. The molecule has 21 heavy (non-hydrogen) atoms. The first kappa shape index (κ1) is 15.7. The van der Waals surface area contributed by atoms with E-state index in [1.807, 2.05) is 0 Å². The first-order chi connectivity index (χ1) is 10.2. The lowest BCUT2D eigenvalue weighted by Crippen LogP contribution is -2.36. The second kappa shape index (κ2) is 7.92. The molecule has 0 aromatic heterocycles. The summed E-state index contributed by atoms with van der Waals surface area (Å²) in [5.74, 6) is 5.76. The molecule has 0 saturated heterocycles. The van der Waals surface area contributed by atoms with E-state index in [-0.39, 0.29) is 18.7 Å². The zero-order valence-corrected chi connectivity index (χ0v) is 12.5. The molecule has 1 fully saturated rings. The number of carbonyl (C=O) groups excluding carboxylic acids is 1. The van der Waals surface area contributed by atoms with Crippen LogP contribution >= 0.6 is 11.6 Å². The monoisotopic (exact) mass is 306 g/mol. The van der Waals surface area contributed by atoms with Crippen LogP contribution in [0.2, 0.25) is 5.02 Å². The zero-order valence-electron chi connectivity index (χ0n) is 11.8. The van der Waals surface area contributed by atoms with E-state index >= 15 is 0 Å². The maximum absolute atomic E-state index is 11.9. The van der Waals surface area contributed by atoms with E-state index in [1.165, 1.54) is 12.8 Å². The molecular weight excluding hydrogens is 288 g/mol. The van der Waals surface area contributed by atoms with Crippen LogP contribution in [0.1, 0.15) is 37.7 Å². The first-order valence-corrected chi connectivity index (χ1v) is 7.53. The van der Waals surface area contributed by atoms with Gasteiger partial charge in [-0.3, -0.25) is 0 Å². The van der Waals surface area contributed by atoms with Crippen LogP contribution in [0.3, 0.4) is 0 Å². The van der Waals surface area contributed by atoms with E-state index in [2.05, 4.69) is 22.5 Å². The Balaban J connectivity index is 1.99. The summed E-state index contributed by atoms with van der Waals surface area (Å²) >= 11 is 6.09. The number of aliphatic hydroxyl groups is 1. The van der Waals surface area contributed by atoms with Crippen LogP contribution in [0.5, 0.6) is 0 Å². The van der Waals surface area contributed by atoms with Gasteiger partial charge in [0.25, 0.3) is 0 Å². The highest BCUT2D eigenvalue weighted by Gasteiger charge is 2.17. The summed E-state index contributed by atoms with van der Waals surface area (Å²) in [5.41, 5.74) is 1.30. The summed E-state index contributed by atoms with van der Waals surface area (Å²) < 4.78 is 0. The lowest BCUT2D eigenvalue weighted by Gasteiger charge is -2.13. The molecular formula is C16H19ClN2O2. The Hall–Kier alpha value is -1.70. The topological polar surface area (TPSA) is 61.4 Å². The van der Waals surface area contributed by atoms with Gasteiger partial charge in [0.1, 0.15) is 0 Å². The van der Waals surface area contributed by atoms with Gasteiger partial charge < -0.3 is 15.7 Å². The van der Waals surface area contributed by atoms with Crippen molar-refractivity contribution in [3.05, 3.63) is 28.8 Å². The minimum Gasteiger partial charge on any atom is -0.395 e. The van der Waals surface area contributed by atoms with Crippen molar-refractivity contribution in [1.29, 1.82) is 0 Å². The summed E-state index contributed by atoms with van der Waals surface area (Å²) in [6.07, 6.45) is 4.83. The van der Waals surface area contributed by atoms with Crippen molar-refractivity contribution in [1.82, 2.24) is 5.32 Å². The van der Waals surface area contributed by atoms with Crippen molar-refractivity contribution in [2.45, 2.75) is 38.1 Å². The van der Waals surface area contributed by atoms with Crippen molar-refractivity contribution in [2.75, 3.05) is 11.9 Å². The van der Waals surface area contributed by atoms with Crippen molar-refractivity contribution >= 4 is 23.3 Å². The lowest BCUT2D eigenvalue weighted by atomic mass is 10.2. The van der Waals surface area contributed by atoms with Gasteiger partial charge >= 0.3 is 6.03 Å². The quantitative estimate of drug-likeness (QED) is 0.751. The molecule has 0 bridgehead atoms. The van der Waals surface area contributed by atoms with Crippen LogP contribution in [0, 0.1) is 11.8 Å². The van der Waals surface area contributed by atoms with Gasteiger partial charge in [-0.1, -0.05) is 36.3 Å². The molecule has 2 rings (SSSR count). The highest BCUT2D eigenvalue weighted by atomic mass is 35.5. The maximum atomic E-state index is 11.9. The zero-order chi connectivity index (χ0) is 15.1. The van der Waals surface area contributed by atoms with Gasteiger partial charge in [0, 0.05) is 18.0 Å². The molecule has 3 N–H and O–H groups in total. The van der Waals surface area contributed by atoms with Gasteiger partial charge in [-0.05, 0) is 31.0 Å². The third kappa shape index (κ3) is 4.96. The van der Waals surface area contributed by atoms with E-state index in [0.717, 1.165) is 18.4 Å². The van der Waals surface area contributed by atoms with Gasteiger partial charge in [-0.15, -0.1) is 0 Å². The second-order valence-electron chi connectivity index (χ2n) is 5.05. The number of hydrogen-bond donors (Lipinski definition) is 3. The Morgan fingerprint density at radius 1 is 1.38 bits per heavy atom. The number of rotatable bonds is 3. The summed E-state index contributed by atoms with van der Waals surface area (Å²) in [6.45, 7) is 0.0372. The normalized spacial score (nSPS) is 14.4. The SMILES string of the molecule is O=C(Nc1cc(C#CCCO)ccc1Cl)NC1CCCC1. The molecule has 0 heterocycles. The first-order valence-electron chi connectivity index (χ1n) is 7.16. The third-order valence-electron chi connectivity index (χ3n) is 3.37. The fraction of sp³-hybridized carbons (Fsp3) is 0.438. The standard InChI is InChI=1S/C16H19ClN2O2/c17-14-9-8-12(5-3-4-10-20)11-15(14)19-16(21)18-13-6-1-2-7-13/h8-9,11,13,20H,1-2,4,6-7,10H2,(H2,18,19,21). The Bertz CT molecular complexity index is 557. The molecule has 0 aliphatic heterocycles. The number of hydrogen-bond acceptors (Lipinski definition) is 2. The summed E-state index contributed by atoms with van der Waals surface area (Å²) in [7, 11) is 0. The number of halogens is 1. The summed E-state index contributed by atoms with van der Waals surface area (Å²) in [5, 5.41) is 14.9. The van der Waals surface area contributed by atoms with E-state index < -0.39 is 0 Å². The van der Waals surface area contributed by atoms with Crippen molar-refractivity contribution in [3.8, 4) is 11.8 Å². The van der Waals surface area contributed by atoms with Crippen LogP contribution in [-0.4, -0.2) is 23.8 Å². The van der Waals surface area contributed by atoms with E-state index in [0.29, 0.717) is 17.1 Å². The van der Waals surface area contributed by atoms with Gasteiger partial charge in [0.2, 0.25) is 0 Å².